The van der Waals surface area contributed by atoms with Crippen LogP contribution >= 0.6 is 0 Å². The maximum atomic E-state index is 12.4. The summed E-state index contributed by atoms with van der Waals surface area (Å²) in [7, 11) is 0. The normalized spacial score (nSPS) is 11.8. The summed E-state index contributed by atoms with van der Waals surface area (Å²) in [5.41, 5.74) is 1.44. The number of hydrogen-bond donors (Lipinski definition) is 1. The lowest BCUT2D eigenvalue weighted by molar-refractivity contribution is -0.149. The first-order chi connectivity index (χ1) is 14.0. The predicted octanol–water partition coefficient (Wildman–Crippen LogP) is 2.08. The van der Waals surface area contributed by atoms with Crippen molar-refractivity contribution in [1.29, 1.82) is 0 Å². The van der Waals surface area contributed by atoms with Crippen LogP contribution in [-0.4, -0.2) is 34.1 Å². The van der Waals surface area contributed by atoms with Crippen LogP contribution in [0.3, 0.4) is 0 Å². The fourth-order valence-electron chi connectivity index (χ4n) is 2.97. The number of aryl methyl sites for hydroxylation is 1. The van der Waals surface area contributed by atoms with Gasteiger partial charge in [0, 0.05) is 6.04 Å². The minimum Gasteiger partial charge on any atom is -0.454 e. The summed E-state index contributed by atoms with van der Waals surface area (Å²) in [6.07, 6.45) is 2.93. The van der Waals surface area contributed by atoms with Gasteiger partial charge in [-0.2, -0.15) is 0 Å². The Hall–Kier alpha value is -3.48. The predicted molar refractivity (Wildman–Crippen MR) is 109 cm³/mol. The first kappa shape index (κ1) is 20.3. The van der Waals surface area contributed by atoms with Crippen LogP contribution < -0.4 is 10.9 Å². The molecule has 0 bridgehead atoms. The van der Waals surface area contributed by atoms with Gasteiger partial charge in [-0.1, -0.05) is 42.5 Å². The van der Waals surface area contributed by atoms with Crippen LogP contribution in [-0.2, 0) is 27.3 Å². The molecule has 0 unspecified atom stereocenters. The molecule has 1 atom stereocenters. The molecule has 3 aromatic rings. The lowest BCUT2D eigenvalue weighted by Gasteiger charge is -2.14. The number of para-hydroxylation sites is 1. The van der Waals surface area contributed by atoms with Crippen LogP contribution in [0.4, 0.5) is 0 Å². The maximum Gasteiger partial charge on any atom is 0.326 e. The molecule has 2 aromatic carbocycles. The molecule has 29 heavy (non-hydrogen) atoms. The highest BCUT2D eigenvalue weighted by molar-refractivity contribution is 5.81. The molecule has 0 aliphatic heterocycles. The molecule has 0 fully saturated rings. The number of carbonyl (C=O) groups is 2. The molecule has 7 nitrogen and oxygen atoms in total. The van der Waals surface area contributed by atoms with Gasteiger partial charge in [-0.3, -0.25) is 19.0 Å². The summed E-state index contributed by atoms with van der Waals surface area (Å²) < 4.78 is 6.17. The zero-order chi connectivity index (χ0) is 20.6. The summed E-state index contributed by atoms with van der Waals surface area (Å²) in [6.45, 7) is 1.22. The van der Waals surface area contributed by atoms with Gasteiger partial charge in [-0.15, -0.1) is 0 Å². The van der Waals surface area contributed by atoms with E-state index in [9.17, 15) is 14.4 Å². The SMILES string of the molecule is C[C@H](CCc1ccccc1)NC(=O)COC(=O)Cn1cnc2ccccc2c1=O. The van der Waals surface area contributed by atoms with Gasteiger partial charge in [-0.25, -0.2) is 4.98 Å². The van der Waals surface area contributed by atoms with Crippen molar-refractivity contribution >= 4 is 22.8 Å². The molecule has 1 heterocycles. The summed E-state index contributed by atoms with van der Waals surface area (Å²) in [5, 5.41) is 3.23. The first-order valence-electron chi connectivity index (χ1n) is 9.46. The molecule has 0 radical (unpaired) electrons. The number of nitrogens with one attached hydrogen (secondary N) is 1. The van der Waals surface area contributed by atoms with Gasteiger partial charge in [-0.05, 0) is 37.5 Å². The molecule has 3 rings (SSSR count). The highest BCUT2D eigenvalue weighted by Crippen LogP contribution is 2.05. The van der Waals surface area contributed by atoms with Crippen LogP contribution in [0.1, 0.15) is 18.9 Å². The molecule has 0 saturated heterocycles. The van der Waals surface area contributed by atoms with Gasteiger partial charge < -0.3 is 10.1 Å². The van der Waals surface area contributed by atoms with Gasteiger partial charge in [0.05, 0.1) is 17.2 Å². The largest absolute Gasteiger partial charge is 0.454 e. The summed E-state index contributed by atoms with van der Waals surface area (Å²) >= 11 is 0. The summed E-state index contributed by atoms with van der Waals surface area (Å²) in [6, 6.07) is 16.9. The van der Waals surface area contributed by atoms with Crippen molar-refractivity contribution in [2.24, 2.45) is 0 Å². The zero-order valence-corrected chi connectivity index (χ0v) is 16.2. The third kappa shape index (κ3) is 5.75. The Kier molecular flexibility index (Phi) is 6.73. The van der Waals surface area contributed by atoms with E-state index in [-0.39, 0.29) is 30.7 Å². The maximum absolute atomic E-state index is 12.4. The third-order valence-electron chi connectivity index (χ3n) is 4.51. The second-order valence-electron chi connectivity index (χ2n) is 6.85. The summed E-state index contributed by atoms with van der Waals surface area (Å²) in [5.74, 6) is -1.04. The van der Waals surface area contributed by atoms with Gasteiger partial charge in [0.2, 0.25) is 0 Å². The molecule has 0 spiro atoms. The average molecular weight is 393 g/mol. The second kappa shape index (κ2) is 9.64. The van der Waals surface area contributed by atoms with Gasteiger partial charge in [0.25, 0.3) is 11.5 Å². The number of nitrogens with zero attached hydrogens (tertiary/aromatic N) is 2. The lowest BCUT2D eigenvalue weighted by Crippen LogP contribution is -2.36. The van der Waals surface area contributed by atoms with Crippen molar-refractivity contribution in [2.75, 3.05) is 6.61 Å². The van der Waals surface area contributed by atoms with Gasteiger partial charge >= 0.3 is 5.97 Å². The molecule has 1 amide bonds. The Balaban J connectivity index is 1.45. The van der Waals surface area contributed by atoms with E-state index in [1.165, 1.54) is 16.5 Å². The third-order valence-corrected chi connectivity index (χ3v) is 4.51. The number of ether oxygens (including phenoxy) is 1. The number of fused-ring (bicyclic) bond motifs is 1. The van der Waals surface area contributed by atoms with Crippen LogP contribution in [0, 0.1) is 0 Å². The Labute approximate surface area is 168 Å². The van der Waals surface area contributed by atoms with Gasteiger partial charge in [0.15, 0.2) is 6.61 Å². The lowest BCUT2D eigenvalue weighted by atomic mass is 10.1. The fourth-order valence-corrected chi connectivity index (χ4v) is 2.97. The Morgan fingerprint density at radius 1 is 1.10 bits per heavy atom. The van der Waals surface area contributed by atoms with Gasteiger partial charge in [0.1, 0.15) is 6.54 Å². The van der Waals surface area contributed by atoms with E-state index < -0.39 is 5.97 Å². The van der Waals surface area contributed by atoms with Crippen molar-refractivity contribution in [2.45, 2.75) is 32.4 Å². The van der Waals surface area contributed by atoms with E-state index in [1.54, 1.807) is 24.3 Å². The Bertz CT molecular complexity index is 1050. The Morgan fingerprint density at radius 3 is 2.62 bits per heavy atom. The van der Waals surface area contributed by atoms with Crippen molar-refractivity contribution in [3.63, 3.8) is 0 Å². The Morgan fingerprint density at radius 2 is 1.83 bits per heavy atom. The number of rotatable bonds is 8. The zero-order valence-electron chi connectivity index (χ0n) is 16.2. The van der Waals surface area contributed by atoms with E-state index in [1.807, 2.05) is 37.3 Å². The molecular weight excluding hydrogens is 370 g/mol. The standard InChI is InChI=1S/C22H23N3O4/c1-16(11-12-17-7-3-2-4-8-17)24-20(26)14-29-21(27)13-25-15-23-19-10-6-5-9-18(19)22(25)28/h2-10,15-16H,11-14H2,1H3,(H,24,26)/t16-/m1/s1. The molecule has 0 saturated carbocycles. The number of amides is 1. The number of carbonyl (C=O) groups excluding carboxylic acids is 2. The fraction of sp³-hybridized carbons (Fsp3) is 0.273. The van der Waals surface area contributed by atoms with Crippen molar-refractivity contribution in [1.82, 2.24) is 14.9 Å². The van der Waals surface area contributed by atoms with E-state index in [2.05, 4.69) is 10.3 Å². The van der Waals surface area contributed by atoms with Crippen LogP contribution in [0.5, 0.6) is 0 Å². The first-order valence-corrected chi connectivity index (χ1v) is 9.46. The number of benzene rings is 2. The van der Waals surface area contributed by atoms with Crippen molar-refractivity contribution < 1.29 is 14.3 Å². The van der Waals surface area contributed by atoms with Crippen LogP contribution in [0.15, 0.2) is 65.7 Å². The van der Waals surface area contributed by atoms with Crippen molar-refractivity contribution in [3.05, 3.63) is 76.8 Å². The number of hydrogen-bond acceptors (Lipinski definition) is 5. The average Bonchev–Trinajstić information content (AvgIpc) is 2.74. The molecule has 1 N–H and O–H groups in total. The smallest absolute Gasteiger partial charge is 0.326 e. The van der Waals surface area contributed by atoms with E-state index in [0.29, 0.717) is 10.9 Å². The minimum atomic E-state index is -0.670. The van der Waals surface area contributed by atoms with Crippen LogP contribution in [0.2, 0.25) is 0 Å². The minimum absolute atomic E-state index is 0.0475. The highest BCUT2D eigenvalue weighted by atomic mass is 16.5. The quantitative estimate of drug-likeness (QED) is 0.592. The van der Waals surface area contributed by atoms with E-state index in [0.717, 1.165) is 12.8 Å². The number of aromatic nitrogens is 2. The molecule has 150 valence electrons. The molecule has 1 aromatic heterocycles. The summed E-state index contributed by atoms with van der Waals surface area (Å²) in [4.78, 5) is 40.5. The molecule has 0 aliphatic rings. The molecule has 7 heteroatoms. The monoisotopic (exact) mass is 393 g/mol. The van der Waals surface area contributed by atoms with E-state index >= 15 is 0 Å². The van der Waals surface area contributed by atoms with E-state index in [4.69, 9.17) is 4.74 Å². The topological polar surface area (TPSA) is 90.3 Å². The number of esters is 1. The van der Waals surface area contributed by atoms with Crippen molar-refractivity contribution in [3.8, 4) is 0 Å². The molecule has 0 aliphatic carbocycles. The van der Waals surface area contributed by atoms with Crippen LogP contribution in [0.25, 0.3) is 10.9 Å². The molecular formula is C22H23N3O4. The highest BCUT2D eigenvalue weighted by Gasteiger charge is 2.13. The second-order valence-corrected chi connectivity index (χ2v) is 6.85.